The number of aromatic nitrogens is 6. The van der Waals surface area contributed by atoms with Gasteiger partial charge in [0.1, 0.15) is 47.4 Å². The number of piperidine rings is 2. The smallest absolute Gasteiger partial charge is 0.269 e. The van der Waals surface area contributed by atoms with Gasteiger partial charge in [-0.3, -0.25) is 28.8 Å². The van der Waals surface area contributed by atoms with E-state index in [-0.39, 0.29) is 64.3 Å². The van der Waals surface area contributed by atoms with Gasteiger partial charge in [-0.05, 0) is 119 Å². The van der Waals surface area contributed by atoms with Gasteiger partial charge in [-0.15, -0.1) is 0 Å². The van der Waals surface area contributed by atoms with E-state index in [4.69, 9.17) is 28.4 Å². The van der Waals surface area contributed by atoms with Crippen molar-refractivity contribution in [1.29, 1.82) is 10.5 Å². The molecule has 6 amide bonds. The maximum Gasteiger partial charge on any atom is 0.269 e. The molecule has 23 nitrogen and oxygen atoms in total. The Morgan fingerprint density at radius 3 is 1.44 bits per heavy atom. The van der Waals surface area contributed by atoms with Crippen molar-refractivity contribution in [3.8, 4) is 34.7 Å². The highest BCUT2D eigenvalue weighted by Gasteiger charge is 2.37. The number of amides is 6. The molecule has 4 aromatic heterocycles. The fraction of sp³-hybridized carbons (Fsp3) is 0.304. The molecule has 23 heteroatoms. The van der Waals surface area contributed by atoms with Gasteiger partial charge in [0.2, 0.25) is 5.91 Å². The highest BCUT2D eigenvalue weighted by Crippen LogP contribution is 2.37. The predicted molar refractivity (Wildman–Crippen MR) is 289 cm³/mol. The van der Waals surface area contributed by atoms with Crippen LogP contribution in [0.4, 0.5) is 11.6 Å². The van der Waals surface area contributed by atoms with Crippen molar-refractivity contribution in [2.45, 2.75) is 82.7 Å². The van der Waals surface area contributed by atoms with Crippen molar-refractivity contribution in [1.82, 2.24) is 39.1 Å². The molecule has 6 aromatic rings. The molecule has 2 aliphatic heterocycles. The van der Waals surface area contributed by atoms with Crippen LogP contribution in [-0.4, -0.2) is 93.9 Å². The number of benzene rings is 2. The Morgan fingerprint density at radius 2 is 1.06 bits per heavy atom. The number of anilines is 2. The number of rotatable bonds is 14. The topological polar surface area (TPSA) is 363 Å². The highest BCUT2D eigenvalue weighted by molar-refractivity contribution is 6.05. The van der Waals surface area contributed by atoms with E-state index in [1.165, 1.54) is 0 Å². The Morgan fingerprint density at radius 1 is 0.608 bits per heavy atom. The van der Waals surface area contributed by atoms with Crippen LogP contribution in [0.5, 0.6) is 0 Å². The van der Waals surface area contributed by atoms with Crippen LogP contribution in [0.2, 0.25) is 0 Å². The van der Waals surface area contributed by atoms with E-state index in [0.717, 1.165) is 67.0 Å². The molecule has 0 radical (unpaired) electrons. The van der Waals surface area contributed by atoms with Crippen LogP contribution in [0.25, 0.3) is 22.5 Å². The van der Waals surface area contributed by atoms with Crippen molar-refractivity contribution in [3.05, 3.63) is 143 Å². The van der Waals surface area contributed by atoms with Gasteiger partial charge in [0.15, 0.2) is 23.0 Å². The van der Waals surface area contributed by atoms with Gasteiger partial charge in [-0.2, -0.15) is 10.5 Å². The van der Waals surface area contributed by atoms with Crippen LogP contribution in [0.15, 0.2) is 109 Å². The van der Waals surface area contributed by atoms with Crippen LogP contribution >= 0.6 is 0 Å². The van der Waals surface area contributed by atoms with Crippen LogP contribution in [0.1, 0.15) is 136 Å². The number of hydrogen-bond acceptors (Lipinski definition) is 15. The van der Waals surface area contributed by atoms with Gasteiger partial charge >= 0.3 is 0 Å². The molecule has 4 fully saturated rings. The number of carbonyl (C=O) groups excluding carboxylic acids is 7. The minimum atomic E-state index is -0.775. The maximum atomic E-state index is 13.3. The summed E-state index contributed by atoms with van der Waals surface area (Å²) < 4.78 is 2.27. The first-order valence-corrected chi connectivity index (χ1v) is 25.8. The summed E-state index contributed by atoms with van der Waals surface area (Å²) in [5.41, 5.74) is 13.8. The molecule has 4 aliphatic rings. The normalized spacial score (nSPS) is 16.8. The largest absolute Gasteiger partial charge is 0.364 e. The molecule has 2 aliphatic carbocycles. The summed E-state index contributed by atoms with van der Waals surface area (Å²) >= 11 is 0. The van der Waals surface area contributed by atoms with Gasteiger partial charge in [-0.25, -0.2) is 29.3 Å². The number of hydrogen-bond donors (Lipinski definition) is 6. The summed E-state index contributed by atoms with van der Waals surface area (Å²) in [4.78, 5) is 106. The first-order chi connectivity index (χ1) is 38.2. The van der Waals surface area contributed by atoms with E-state index in [1.807, 2.05) is 12.1 Å². The van der Waals surface area contributed by atoms with E-state index < -0.39 is 23.9 Å². The number of nitrogen functional groups attached to an aromatic ring is 2. The number of carbonyl (C=O) groups is 7. The highest BCUT2D eigenvalue weighted by atomic mass is 16.2. The number of nitrogens with zero attached hydrogens (tertiary/aromatic N) is 10. The van der Waals surface area contributed by atoms with Crippen molar-refractivity contribution < 1.29 is 33.6 Å². The van der Waals surface area contributed by atoms with Crippen molar-refractivity contribution >= 4 is 53.4 Å². The standard InChI is InChI=1S/C28H28N8O3.C24H24N8O3.C4H6O/c29-16-20(15-17-7-8-17)28(39)35-14-4-2-5-21(35)26-34-23(24(25(30)37)36(26)31)18-9-11-19(12-10-18)27(38)33-22-6-1-3-13-32-22;25-12-11-19(33)31-14-4-2-5-17(31)23-30-20(21(22(26)34)32(23)27)15-7-9-16(10-8-15)24(35)29-18-6-1-3-13-28-18;5-3-4-1-2-4/h1,3,6,9-13,15,17,21H,2,4-5,7-8,14,31H2,(H2,30,37)(H,32,33,38);1,3,6-10,13,17H,2,4-5,11,14,27H2,(H2,26,34)(H,28,29,35);3-4H,1-2H2/b20-15+;;/t21-;17-;/m00./s1. The van der Waals surface area contributed by atoms with Gasteiger partial charge in [0.25, 0.3) is 29.5 Å². The van der Waals surface area contributed by atoms with Crippen molar-refractivity contribution in [2.24, 2.45) is 23.3 Å². The lowest BCUT2D eigenvalue weighted by atomic mass is 10.00. The van der Waals surface area contributed by atoms with Gasteiger partial charge in [0.05, 0.1) is 18.2 Å². The Hall–Kier alpha value is -10.0. The predicted octanol–water partition coefficient (Wildman–Crippen LogP) is 5.50. The molecule has 0 unspecified atom stereocenters. The van der Waals surface area contributed by atoms with E-state index >= 15 is 0 Å². The Bertz CT molecular complexity index is 3350. The number of nitrogens with two attached hydrogens (primary N) is 4. The molecule has 2 saturated carbocycles. The molecule has 6 heterocycles. The first kappa shape index (κ1) is 55.2. The quantitative estimate of drug-likeness (QED) is 0.0340. The summed E-state index contributed by atoms with van der Waals surface area (Å²) in [5, 5.41) is 24.0. The lowest BCUT2D eigenvalue weighted by Crippen LogP contribution is -2.41. The number of allylic oxidation sites excluding steroid dienone is 1. The molecule has 0 bridgehead atoms. The molecule has 2 atom stereocenters. The monoisotopic (exact) mass is 1070 g/mol. The van der Waals surface area contributed by atoms with Gasteiger partial charge in [0, 0.05) is 53.7 Å². The number of nitrogens with one attached hydrogen (secondary N) is 2. The zero-order valence-corrected chi connectivity index (χ0v) is 43.0. The fourth-order valence-electron chi connectivity index (χ4n) is 9.21. The summed E-state index contributed by atoms with van der Waals surface area (Å²) in [6.45, 7) is 0.917. The number of pyridine rings is 2. The Labute approximate surface area is 454 Å². The molecule has 79 heavy (non-hydrogen) atoms. The van der Waals surface area contributed by atoms with Crippen molar-refractivity contribution in [3.63, 3.8) is 0 Å². The average molecular weight is 1070 g/mol. The lowest BCUT2D eigenvalue weighted by Gasteiger charge is -2.35. The van der Waals surface area contributed by atoms with Crippen LogP contribution in [0, 0.1) is 34.5 Å². The first-order valence-electron chi connectivity index (χ1n) is 25.8. The van der Waals surface area contributed by atoms with E-state index in [0.29, 0.717) is 77.4 Å². The van der Waals surface area contributed by atoms with Crippen LogP contribution in [-0.2, 0) is 14.4 Å². The van der Waals surface area contributed by atoms with Gasteiger partial charge < -0.3 is 48.4 Å². The number of likely N-dealkylation sites (tertiary alicyclic amines) is 2. The molecule has 404 valence electrons. The third-order valence-corrected chi connectivity index (χ3v) is 13.6. The summed E-state index contributed by atoms with van der Waals surface area (Å²) in [7, 11) is 0. The minimum Gasteiger partial charge on any atom is -0.364 e. The Kier molecular flexibility index (Phi) is 17.6. The summed E-state index contributed by atoms with van der Waals surface area (Å²) in [6.07, 6.45) is 14.3. The second-order valence-electron chi connectivity index (χ2n) is 19.2. The molecular formula is C56H58N16O7. The van der Waals surface area contributed by atoms with Crippen molar-refractivity contribution in [2.75, 3.05) is 35.4 Å². The van der Waals surface area contributed by atoms with Gasteiger partial charge in [-0.1, -0.05) is 42.5 Å². The Balaban J connectivity index is 0.000000192. The second kappa shape index (κ2) is 25.2. The summed E-state index contributed by atoms with van der Waals surface area (Å²) in [6, 6.07) is 26.3. The number of primary amides is 2. The van der Waals surface area contributed by atoms with E-state index in [9.17, 15) is 38.8 Å². The third-order valence-electron chi connectivity index (χ3n) is 13.6. The average Bonchev–Trinajstić information content (AvgIpc) is 4.58. The summed E-state index contributed by atoms with van der Waals surface area (Å²) in [5.74, 6) is 11.9. The second-order valence-corrected chi connectivity index (χ2v) is 19.2. The maximum absolute atomic E-state index is 13.3. The third kappa shape index (κ3) is 13.3. The zero-order chi connectivity index (χ0) is 56.2. The van der Waals surface area contributed by atoms with E-state index in [2.05, 4.69) is 30.6 Å². The van der Waals surface area contributed by atoms with E-state index in [1.54, 1.807) is 113 Å². The molecule has 0 spiro atoms. The molecular weight excluding hydrogens is 1010 g/mol. The molecule has 2 aromatic carbocycles. The molecule has 10 N–H and O–H groups in total. The van der Waals surface area contributed by atoms with Crippen LogP contribution in [0.3, 0.4) is 0 Å². The number of imidazole rings is 2. The number of nitriles is 2. The molecule has 10 rings (SSSR count). The number of aldehydes is 1. The minimum absolute atomic E-state index is 0.0102. The zero-order valence-electron chi connectivity index (χ0n) is 43.0. The SMILES string of the molecule is N#C/C(=C\C1CC1)C(=O)N1CCCC[C@H]1c1nc(-c2ccc(C(=O)Nc3ccccn3)cc2)c(C(N)=O)n1N.N#CCC(=O)N1CCCC[C@H]1c1nc(-c2ccc(C(=O)Nc3ccccn3)cc2)c(C(N)=O)n1N.O=CC1CC1. The van der Waals surface area contributed by atoms with Crippen LogP contribution < -0.4 is 33.8 Å². The molecule has 2 saturated heterocycles. The lowest BCUT2D eigenvalue weighted by molar-refractivity contribution is -0.134. The fourth-order valence-corrected chi connectivity index (χ4v) is 9.21.